The van der Waals surface area contributed by atoms with Crippen molar-refractivity contribution in [2.24, 2.45) is 0 Å². The molecule has 0 aromatic heterocycles. The van der Waals surface area contributed by atoms with E-state index in [0.717, 1.165) is 57.0 Å². The quantitative estimate of drug-likeness (QED) is 0.784. The van der Waals surface area contributed by atoms with Crippen molar-refractivity contribution in [2.45, 2.75) is 38.8 Å². The van der Waals surface area contributed by atoms with Crippen LogP contribution in [0, 0.1) is 0 Å². The Balaban J connectivity index is 1.27. The minimum atomic E-state index is -0.0936. The van der Waals surface area contributed by atoms with Gasteiger partial charge in [0.2, 0.25) is 0 Å². The van der Waals surface area contributed by atoms with E-state index in [4.69, 9.17) is 9.47 Å². The van der Waals surface area contributed by atoms with E-state index in [1.165, 1.54) is 29.5 Å². The van der Waals surface area contributed by atoms with E-state index in [2.05, 4.69) is 40.5 Å². The SMILES string of the molecule is O=C(COc1ccc2c(c1)CCCC2)NCc1ccccc1CN1CCOCC1. The van der Waals surface area contributed by atoms with Gasteiger partial charge >= 0.3 is 0 Å². The molecule has 1 heterocycles. The van der Waals surface area contributed by atoms with Crippen molar-refractivity contribution in [1.82, 2.24) is 10.2 Å². The number of nitrogens with zero attached hydrogens (tertiary/aromatic N) is 1. The van der Waals surface area contributed by atoms with Crippen LogP contribution < -0.4 is 10.1 Å². The molecule has 0 spiro atoms. The minimum Gasteiger partial charge on any atom is -0.484 e. The van der Waals surface area contributed by atoms with Crippen molar-refractivity contribution in [1.29, 1.82) is 0 Å². The average molecular weight is 395 g/mol. The van der Waals surface area contributed by atoms with E-state index >= 15 is 0 Å². The van der Waals surface area contributed by atoms with Crippen LogP contribution in [-0.2, 0) is 35.5 Å². The predicted octanol–water partition coefficient (Wildman–Crippen LogP) is 3.09. The molecule has 0 bridgehead atoms. The molecule has 2 aliphatic rings. The van der Waals surface area contributed by atoms with Gasteiger partial charge in [-0.15, -0.1) is 0 Å². The number of hydrogen-bond donors (Lipinski definition) is 1. The Bertz CT molecular complexity index is 831. The van der Waals surface area contributed by atoms with Crippen molar-refractivity contribution in [2.75, 3.05) is 32.9 Å². The lowest BCUT2D eigenvalue weighted by molar-refractivity contribution is -0.123. The average Bonchev–Trinajstić information content (AvgIpc) is 2.77. The van der Waals surface area contributed by atoms with E-state index in [-0.39, 0.29) is 12.5 Å². The number of benzene rings is 2. The van der Waals surface area contributed by atoms with Gasteiger partial charge in [-0.25, -0.2) is 0 Å². The molecular weight excluding hydrogens is 364 g/mol. The van der Waals surface area contributed by atoms with Gasteiger partial charge in [0.15, 0.2) is 6.61 Å². The molecule has 4 rings (SSSR count). The highest BCUT2D eigenvalue weighted by Gasteiger charge is 2.14. The molecule has 2 aromatic carbocycles. The van der Waals surface area contributed by atoms with Gasteiger partial charge < -0.3 is 14.8 Å². The van der Waals surface area contributed by atoms with Gasteiger partial charge in [-0.2, -0.15) is 0 Å². The number of aryl methyl sites for hydroxylation is 2. The Labute approximate surface area is 173 Å². The van der Waals surface area contributed by atoms with Crippen molar-refractivity contribution in [3.05, 3.63) is 64.7 Å². The summed E-state index contributed by atoms with van der Waals surface area (Å²) in [4.78, 5) is 14.7. The standard InChI is InChI=1S/C24H30N2O3/c27-24(18-29-23-10-9-19-5-1-2-6-20(19)15-23)25-16-21-7-3-4-8-22(21)17-26-11-13-28-14-12-26/h3-4,7-10,15H,1-2,5-6,11-14,16-18H2,(H,25,27). The van der Waals surface area contributed by atoms with Crippen LogP contribution in [0.1, 0.15) is 35.1 Å². The first-order valence-corrected chi connectivity index (χ1v) is 10.7. The fraction of sp³-hybridized carbons (Fsp3) is 0.458. The number of morpholine rings is 1. The van der Waals surface area contributed by atoms with Crippen LogP contribution in [0.3, 0.4) is 0 Å². The van der Waals surface area contributed by atoms with E-state index in [1.54, 1.807) is 0 Å². The van der Waals surface area contributed by atoms with Gasteiger partial charge in [-0.1, -0.05) is 30.3 Å². The normalized spacial score (nSPS) is 16.8. The number of carbonyl (C=O) groups excluding carboxylic acids is 1. The van der Waals surface area contributed by atoms with Gasteiger partial charge in [0.05, 0.1) is 13.2 Å². The van der Waals surface area contributed by atoms with Crippen molar-refractivity contribution < 1.29 is 14.3 Å². The molecule has 1 aliphatic heterocycles. The van der Waals surface area contributed by atoms with Crippen LogP contribution in [0.2, 0.25) is 0 Å². The summed E-state index contributed by atoms with van der Waals surface area (Å²) in [7, 11) is 0. The lowest BCUT2D eigenvalue weighted by Gasteiger charge is -2.27. The van der Waals surface area contributed by atoms with E-state index in [1.807, 2.05) is 12.1 Å². The summed E-state index contributed by atoms with van der Waals surface area (Å²) in [5.41, 5.74) is 5.20. The monoisotopic (exact) mass is 394 g/mol. The number of ether oxygens (including phenoxy) is 2. The van der Waals surface area contributed by atoms with E-state index in [0.29, 0.717) is 6.54 Å². The molecule has 1 N–H and O–H groups in total. The van der Waals surface area contributed by atoms with E-state index < -0.39 is 0 Å². The third-order valence-electron chi connectivity index (χ3n) is 5.78. The van der Waals surface area contributed by atoms with Crippen LogP contribution in [-0.4, -0.2) is 43.7 Å². The zero-order chi connectivity index (χ0) is 19.9. The molecule has 1 fully saturated rings. The second-order valence-electron chi connectivity index (χ2n) is 7.86. The zero-order valence-electron chi connectivity index (χ0n) is 17.0. The smallest absolute Gasteiger partial charge is 0.258 e. The number of carbonyl (C=O) groups is 1. The third-order valence-corrected chi connectivity index (χ3v) is 5.78. The van der Waals surface area contributed by atoms with Crippen LogP contribution in [0.15, 0.2) is 42.5 Å². The number of fused-ring (bicyclic) bond motifs is 1. The number of amides is 1. The van der Waals surface area contributed by atoms with Crippen molar-refractivity contribution >= 4 is 5.91 Å². The number of nitrogens with one attached hydrogen (secondary N) is 1. The summed E-state index contributed by atoms with van der Waals surface area (Å²) in [6, 6.07) is 14.5. The lowest BCUT2D eigenvalue weighted by Crippen LogP contribution is -2.36. The summed E-state index contributed by atoms with van der Waals surface area (Å²) < 4.78 is 11.2. The van der Waals surface area contributed by atoms with Crippen LogP contribution in [0.4, 0.5) is 0 Å². The first-order valence-electron chi connectivity index (χ1n) is 10.7. The van der Waals surface area contributed by atoms with Crippen LogP contribution >= 0.6 is 0 Å². The Hall–Kier alpha value is -2.37. The largest absolute Gasteiger partial charge is 0.484 e. The Morgan fingerprint density at radius 3 is 2.59 bits per heavy atom. The lowest BCUT2D eigenvalue weighted by atomic mass is 9.92. The summed E-state index contributed by atoms with van der Waals surface area (Å²) in [6.07, 6.45) is 4.77. The minimum absolute atomic E-state index is 0.0460. The second kappa shape index (κ2) is 9.90. The summed E-state index contributed by atoms with van der Waals surface area (Å²) in [5.74, 6) is 0.692. The van der Waals surface area contributed by atoms with Crippen molar-refractivity contribution in [3.63, 3.8) is 0 Å². The Morgan fingerprint density at radius 1 is 1.00 bits per heavy atom. The summed E-state index contributed by atoms with van der Waals surface area (Å²) in [6.45, 7) is 4.95. The molecule has 0 atom stereocenters. The molecule has 5 heteroatoms. The first kappa shape index (κ1) is 19.9. The maximum atomic E-state index is 12.3. The van der Waals surface area contributed by atoms with Crippen LogP contribution in [0.5, 0.6) is 5.75 Å². The zero-order valence-corrected chi connectivity index (χ0v) is 17.0. The number of hydrogen-bond acceptors (Lipinski definition) is 4. The molecule has 0 unspecified atom stereocenters. The Kier molecular flexibility index (Phi) is 6.80. The highest BCUT2D eigenvalue weighted by molar-refractivity contribution is 5.77. The molecule has 0 saturated carbocycles. The molecule has 2 aromatic rings. The highest BCUT2D eigenvalue weighted by atomic mass is 16.5. The van der Waals surface area contributed by atoms with E-state index in [9.17, 15) is 4.79 Å². The molecule has 5 nitrogen and oxygen atoms in total. The fourth-order valence-corrected chi connectivity index (χ4v) is 4.08. The topological polar surface area (TPSA) is 50.8 Å². The van der Waals surface area contributed by atoms with Crippen LogP contribution in [0.25, 0.3) is 0 Å². The number of rotatable bonds is 7. The summed E-state index contributed by atoms with van der Waals surface area (Å²) in [5, 5.41) is 3.00. The molecule has 154 valence electrons. The fourth-order valence-electron chi connectivity index (χ4n) is 4.08. The highest BCUT2D eigenvalue weighted by Crippen LogP contribution is 2.25. The Morgan fingerprint density at radius 2 is 1.76 bits per heavy atom. The van der Waals surface area contributed by atoms with Gasteiger partial charge in [0.1, 0.15) is 5.75 Å². The second-order valence-corrected chi connectivity index (χ2v) is 7.86. The first-order chi connectivity index (χ1) is 14.3. The van der Waals surface area contributed by atoms with Gasteiger partial charge in [-0.3, -0.25) is 9.69 Å². The molecular formula is C24H30N2O3. The maximum Gasteiger partial charge on any atom is 0.258 e. The molecule has 1 amide bonds. The van der Waals surface area contributed by atoms with Crippen molar-refractivity contribution in [3.8, 4) is 5.75 Å². The molecule has 1 aliphatic carbocycles. The molecule has 29 heavy (non-hydrogen) atoms. The summed E-state index contributed by atoms with van der Waals surface area (Å²) >= 11 is 0. The van der Waals surface area contributed by atoms with Gasteiger partial charge in [-0.05, 0) is 60.1 Å². The molecule has 0 radical (unpaired) electrons. The molecule has 1 saturated heterocycles. The predicted molar refractivity (Wildman–Crippen MR) is 113 cm³/mol. The maximum absolute atomic E-state index is 12.3. The van der Waals surface area contributed by atoms with Gasteiger partial charge in [0.25, 0.3) is 5.91 Å². The van der Waals surface area contributed by atoms with Gasteiger partial charge in [0, 0.05) is 26.2 Å². The third kappa shape index (κ3) is 5.58.